The number of carbonyl (C=O) groups excluding carboxylic acids is 1. The number of amides is 1. The van der Waals surface area contributed by atoms with Gasteiger partial charge >= 0.3 is 0 Å². The monoisotopic (exact) mass is 317 g/mol. The first-order chi connectivity index (χ1) is 11.1. The van der Waals surface area contributed by atoms with E-state index in [2.05, 4.69) is 25.8 Å². The van der Waals surface area contributed by atoms with Crippen molar-refractivity contribution in [3.05, 3.63) is 29.4 Å². The Bertz CT molecular complexity index is 694. The third-order valence-corrected chi connectivity index (χ3v) is 3.47. The van der Waals surface area contributed by atoms with Gasteiger partial charge in [0.15, 0.2) is 5.82 Å². The number of nitrogens with zero attached hydrogens (tertiary/aromatic N) is 3. The number of ether oxygens (including phenoxy) is 1. The van der Waals surface area contributed by atoms with E-state index < -0.39 is 0 Å². The number of hydrogen-bond acceptors (Lipinski definition) is 7. The number of hydrogen-bond donors (Lipinski definition) is 2. The molecule has 1 unspecified atom stereocenters. The molecule has 2 aromatic heterocycles. The Balaban J connectivity index is 1.67. The molecule has 1 amide bonds. The first-order valence-electron chi connectivity index (χ1n) is 7.56. The van der Waals surface area contributed by atoms with Crippen molar-refractivity contribution in [2.45, 2.75) is 32.8 Å². The van der Waals surface area contributed by atoms with E-state index in [1.807, 2.05) is 0 Å². The van der Waals surface area contributed by atoms with Crippen LogP contribution >= 0.6 is 0 Å². The van der Waals surface area contributed by atoms with Gasteiger partial charge in [-0.1, -0.05) is 5.16 Å². The van der Waals surface area contributed by atoms with Gasteiger partial charge in [0.05, 0.1) is 6.10 Å². The third-order valence-electron chi connectivity index (χ3n) is 3.47. The lowest BCUT2D eigenvalue weighted by Gasteiger charge is -2.12. The molecule has 0 aliphatic carbocycles. The van der Waals surface area contributed by atoms with Crippen molar-refractivity contribution in [1.29, 1.82) is 0 Å². The number of nitrogens with one attached hydrogen (secondary N) is 2. The predicted molar refractivity (Wildman–Crippen MR) is 83.4 cm³/mol. The van der Waals surface area contributed by atoms with Crippen LogP contribution in [0.4, 0.5) is 11.6 Å². The van der Waals surface area contributed by atoms with E-state index in [0.29, 0.717) is 29.8 Å². The second kappa shape index (κ2) is 6.74. The van der Waals surface area contributed by atoms with Crippen molar-refractivity contribution in [3.8, 4) is 0 Å². The molecule has 2 N–H and O–H groups in total. The van der Waals surface area contributed by atoms with Gasteiger partial charge < -0.3 is 19.9 Å². The van der Waals surface area contributed by atoms with Crippen LogP contribution in [0.2, 0.25) is 0 Å². The van der Waals surface area contributed by atoms with Crippen LogP contribution in [0.3, 0.4) is 0 Å². The van der Waals surface area contributed by atoms with Crippen LogP contribution in [0.5, 0.6) is 0 Å². The normalized spacial score (nSPS) is 17.2. The predicted octanol–water partition coefficient (Wildman–Crippen LogP) is 1.92. The molecule has 0 saturated carbocycles. The second-order valence-corrected chi connectivity index (χ2v) is 5.48. The van der Waals surface area contributed by atoms with Gasteiger partial charge in [0.1, 0.15) is 23.1 Å². The highest BCUT2D eigenvalue weighted by molar-refractivity contribution is 6.02. The molecule has 3 heterocycles. The second-order valence-electron chi connectivity index (χ2n) is 5.48. The fourth-order valence-corrected chi connectivity index (χ4v) is 2.40. The Morgan fingerprint density at radius 2 is 2.17 bits per heavy atom. The first kappa shape index (κ1) is 15.4. The van der Waals surface area contributed by atoms with Crippen LogP contribution < -0.4 is 10.6 Å². The van der Waals surface area contributed by atoms with Crippen molar-refractivity contribution >= 4 is 17.5 Å². The number of carbonyl (C=O) groups is 1. The lowest BCUT2D eigenvalue weighted by molar-refractivity contribution is 0.102. The molecule has 122 valence electrons. The topological polar surface area (TPSA) is 102 Å². The SMILES string of the molecule is Cc1nc(NCC2CCCO2)cc(C(=O)Nc2cc(C)on2)n1. The Morgan fingerprint density at radius 3 is 2.87 bits per heavy atom. The van der Waals surface area contributed by atoms with Crippen molar-refractivity contribution in [3.63, 3.8) is 0 Å². The molecule has 0 aromatic carbocycles. The van der Waals surface area contributed by atoms with Gasteiger partial charge in [-0.3, -0.25) is 4.79 Å². The minimum absolute atomic E-state index is 0.195. The average Bonchev–Trinajstić information content (AvgIpc) is 3.16. The van der Waals surface area contributed by atoms with Gasteiger partial charge in [-0.05, 0) is 26.7 Å². The summed E-state index contributed by atoms with van der Waals surface area (Å²) in [6.07, 6.45) is 2.32. The number of aryl methyl sites for hydroxylation is 2. The van der Waals surface area contributed by atoms with E-state index in [4.69, 9.17) is 9.26 Å². The third kappa shape index (κ3) is 4.04. The smallest absolute Gasteiger partial charge is 0.275 e. The molecule has 0 bridgehead atoms. The minimum atomic E-state index is -0.357. The zero-order valence-electron chi connectivity index (χ0n) is 13.1. The summed E-state index contributed by atoms with van der Waals surface area (Å²) < 4.78 is 10.5. The van der Waals surface area contributed by atoms with Crippen LogP contribution in [0.1, 0.15) is 34.9 Å². The van der Waals surface area contributed by atoms with E-state index in [9.17, 15) is 4.79 Å². The molecule has 8 heteroatoms. The van der Waals surface area contributed by atoms with Crippen LogP contribution in [0.15, 0.2) is 16.7 Å². The highest BCUT2D eigenvalue weighted by Gasteiger charge is 2.16. The Kier molecular flexibility index (Phi) is 4.52. The van der Waals surface area contributed by atoms with E-state index in [1.54, 1.807) is 26.0 Å². The largest absolute Gasteiger partial charge is 0.376 e. The molecule has 1 aliphatic rings. The highest BCUT2D eigenvalue weighted by Crippen LogP contribution is 2.14. The van der Waals surface area contributed by atoms with Gasteiger partial charge in [-0.25, -0.2) is 9.97 Å². The van der Waals surface area contributed by atoms with E-state index in [1.165, 1.54) is 0 Å². The summed E-state index contributed by atoms with van der Waals surface area (Å²) in [7, 11) is 0. The molecule has 1 aliphatic heterocycles. The Morgan fingerprint density at radius 1 is 1.30 bits per heavy atom. The Hall–Kier alpha value is -2.48. The van der Waals surface area contributed by atoms with Gasteiger partial charge in [0, 0.05) is 25.3 Å². The zero-order valence-corrected chi connectivity index (χ0v) is 13.1. The summed E-state index contributed by atoms with van der Waals surface area (Å²) in [5.74, 6) is 1.75. The fourth-order valence-electron chi connectivity index (χ4n) is 2.40. The van der Waals surface area contributed by atoms with E-state index in [0.717, 1.165) is 19.4 Å². The average molecular weight is 317 g/mol. The standard InChI is InChI=1S/C15H19N5O3/c1-9-6-14(20-23-9)19-15(21)12-7-13(18-10(2)17-12)16-8-11-4-3-5-22-11/h6-7,11H,3-5,8H2,1-2H3,(H,16,17,18)(H,19,20,21). The fraction of sp³-hybridized carbons (Fsp3) is 0.467. The van der Waals surface area contributed by atoms with Crippen molar-refractivity contribution < 1.29 is 14.1 Å². The van der Waals surface area contributed by atoms with Gasteiger partial charge in [-0.2, -0.15) is 0 Å². The van der Waals surface area contributed by atoms with Crippen molar-refractivity contribution in [1.82, 2.24) is 15.1 Å². The minimum Gasteiger partial charge on any atom is -0.376 e. The molecule has 23 heavy (non-hydrogen) atoms. The molecule has 3 rings (SSSR count). The van der Waals surface area contributed by atoms with Gasteiger partial charge in [0.25, 0.3) is 5.91 Å². The maximum Gasteiger partial charge on any atom is 0.275 e. The van der Waals surface area contributed by atoms with E-state index in [-0.39, 0.29) is 17.7 Å². The lowest BCUT2D eigenvalue weighted by Crippen LogP contribution is -2.20. The van der Waals surface area contributed by atoms with Crippen LogP contribution in [-0.2, 0) is 4.74 Å². The van der Waals surface area contributed by atoms with Crippen molar-refractivity contribution in [2.24, 2.45) is 0 Å². The highest BCUT2D eigenvalue weighted by atomic mass is 16.5. The Labute approximate surface area is 133 Å². The van der Waals surface area contributed by atoms with Crippen LogP contribution in [0.25, 0.3) is 0 Å². The maximum absolute atomic E-state index is 12.3. The molecule has 0 spiro atoms. The van der Waals surface area contributed by atoms with Gasteiger partial charge in [-0.15, -0.1) is 0 Å². The van der Waals surface area contributed by atoms with E-state index >= 15 is 0 Å². The van der Waals surface area contributed by atoms with Gasteiger partial charge in [0.2, 0.25) is 0 Å². The zero-order chi connectivity index (χ0) is 16.2. The number of aromatic nitrogens is 3. The van der Waals surface area contributed by atoms with Crippen LogP contribution in [0, 0.1) is 13.8 Å². The molecule has 0 radical (unpaired) electrons. The number of rotatable bonds is 5. The summed E-state index contributed by atoms with van der Waals surface area (Å²) >= 11 is 0. The quantitative estimate of drug-likeness (QED) is 0.868. The molecular weight excluding hydrogens is 298 g/mol. The lowest BCUT2D eigenvalue weighted by atomic mass is 10.2. The molecular formula is C15H19N5O3. The molecule has 2 aromatic rings. The molecule has 8 nitrogen and oxygen atoms in total. The summed E-state index contributed by atoms with van der Waals surface area (Å²) in [5.41, 5.74) is 0.271. The molecule has 1 atom stereocenters. The van der Waals surface area contributed by atoms with Crippen LogP contribution in [-0.4, -0.2) is 40.3 Å². The summed E-state index contributed by atoms with van der Waals surface area (Å²) in [6, 6.07) is 3.26. The molecule has 1 fully saturated rings. The molecule has 1 saturated heterocycles. The van der Waals surface area contributed by atoms with Crippen molar-refractivity contribution in [2.75, 3.05) is 23.8 Å². The summed E-state index contributed by atoms with van der Waals surface area (Å²) in [4.78, 5) is 20.7. The maximum atomic E-state index is 12.3. The summed E-state index contributed by atoms with van der Waals surface area (Å²) in [5, 5.41) is 9.58. The summed E-state index contributed by atoms with van der Waals surface area (Å²) in [6.45, 7) is 4.97. The number of anilines is 2. The first-order valence-corrected chi connectivity index (χ1v) is 7.56.